The number of aryl methyl sites for hydroxylation is 1. The zero-order valence-electron chi connectivity index (χ0n) is 10.9. The van der Waals surface area contributed by atoms with Gasteiger partial charge in [-0.25, -0.2) is 4.79 Å². The Hall–Kier alpha value is -2.30. The summed E-state index contributed by atoms with van der Waals surface area (Å²) in [4.78, 5) is 25.2. The molecule has 1 aromatic heterocycles. The Morgan fingerprint density at radius 3 is 2.68 bits per heavy atom. The van der Waals surface area contributed by atoms with Gasteiger partial charge in [0.15, 0.2) is 0 Å². The Morgan fingerprint density at radius 2 is 2.11 bits per heavy atom. The number of amides is 1. The first-order valence-corrected chi connectivity index (χ1v) is 6.14. The van der Waals surface area contributed by atoms with Crippen molar-refractivity contribution >= 4 is 22.8 Å². The predicted molar refractivity (Wildman–Crippen MR) is 72.2 cm³/mol. The minimum atomic E-state index is -0.960. The van der Waals surface area contributed by atoms with Gasteiger partial charge in [-0.15, -0.1) is 0 Å². The largest absolute Gasteiger partial charge is 0.477 e. The molecule has 0 saturated carbocycles. The number of carboxylic acids is 1. The molecular weight excluding hydrogens is 244 g/mol. The van der Waals surface area contributed by atoms with E-state index in [1.807, 2.05) is 25.1 Å². The lowest BCUT2D eigenvalue weighted by Crippen LogP contribution is -2.19. The molecule has 0 aliphatic rings. The minimum Gasteiger partial charge on any atom is -0.477 e. The number of para-hydroxylation sites is 1. The topological polar surface area (TPSA) is 82.2 Å². The number of fused-ring (bicyclic) bond motifs is 1. The molecule has 5 nitrogen and oxygen atoms in total. The molecule has 1 aromatic carbocycles. The number of hydrogen-bond donors (Lipinski definition) is 3. The summed E-state index contributed by atoms with van der Waals surface area (Å²) < 4.78 is 0. The van der Waals surface area contributed by atoms with E-state index in [4.69, 9.17) is 0 Å². The summed E-state index contributed by atoms with van der Waals surface area (Å²) in [5.41, 5.74) is 2.69. The number of nitrogens with one attached hydrogen (secondary N) is 2. The number of benzene rings is 1. The molecule has 0 aliphatic carbocycles. The number of aromatic amines is 1. The summed E-state index contributed by atoms with van der Waals surface area (Å²) in [5.74, 6) is -1.07. The summed E-state index contributed by atoms with van der Waals surface area (Å²) in [6, 6.07) is 5.65. The Bertz CT molecular complexity index is 643. The zero-order valence-corrected chi connectivity index (χ0v) is 10.9. The third kappa shape index (κ3) is 2.45. The van der Waals surface area contributed by atoms with Crippen molar-refractivity contribution in [2.24, 2.45) is 0 Å². The van der Waals surface area contributed by atoms with Gasteiger partial charge in [0.1, 0.15) is 5.69 Å². The van der Waals surface area contributed by atoms with Crippen LogP contribution in [-0.4, -0.2) is 22.0 Å². The first kappa shape index (κ1) is 13.1. The van der Waals surface area contributed by atoms with Gasteiger partial charge in [-0.1, -0.05) is 25.1 Å². The number of carbonyl (C=O) groups is 2. The monoisotopic (exact) mass is 260 g/mol. The van der Waals surface area contributed by atoms with E-state index in [-0.39, 0.29) is 11.6 Å². The summed E-state index contributed by atoms with van der Waals surface area (Å²) in [6.45, 7) is 3.76. The van der Waals surface area contributed by atoms with Crippen LogP contribution in [-0.2, 0) is 17.8 Å². The molecule has 0 fully saturated rings. The predicted octanol–water partition coefficient (Wildman–Crippen LogP) is 2.06. The number of rotatable bonds is 4. The molecule has 5 heteroatoms. The van der Waals surface area contributed by atoms with E-state index in [1.165, 1.54) is 6.92 Å². The molecule has 3 N–H and O–H groups in total. The average Bonchev–Trinajstić information content (AvgIpc) is 2.75. The quantitative estimate of drug-likeness (QED) is 0.787. The molecule has 0 unspecified atom stereocenters. The summed E-state index contributed by atoms with van der Waals surface area (Å²) in [5, 5.41) is 12.8. The highest BCUT2D eigenvalue weighted by atomic mass is 16.4. The van der Waals surface area contributed by atoms with Crippen LogP contribution in [0.4, 0.5) is 0 Å². The van der Waals surface area contributed by atoms with E-state index in [1.54, 1.807) is 0 Å². The third-order valence-electron chi connectivity index (χ3n) is 3.12. The molecule has 2 aromatic rings. The van der Waals surface area contributed by atoms with Crippen LogP contribution in [0, 0.1) is 0 Å². The Morgan fingerprint density at radius 1 is 1.37 bits per heavy atom. The van der Waals surface area contributed by atoms with Crippen LogP contribution in [0.2, 0.25) is 0 Å². The molecule has 19 heavy (non-hydrogen) atoms. The molecule has 100 valence electrons. The molecule has 0 saturated heterocycles. The van der Waals surface area contributed by atoms with E-state index in [2.05, 4.69) is 10.3 Å². The Labute approximate surface area is 110 Å². The standard InChI is InChI=1S/C14H16N2O3/c1-3-10-11-6-4-5-9(7-15-8(2)17)12(11)16-13(10)14(18)19/h4-6,16H,3,7H2,1-2H3,(H,15,17)(H,18,19). The van der Waals surface area contributed by atoms with Crippen molar-refractivity contribution in [1.29, 1.82) is 0 Å². The van der Waals surface area contributed by atoms with Crippen LogP contribution >= 0.6 is 0 Å². The van der Waals surface area contributed by atoms with Crippen LogP contribution in [0.5, 0.6) is 0 Å². The molecule has 1 heterocycles. The fourth-order valence-corrected chi connectivity index (χ4v) is 2.25. The lowest BCUT2D eigenvalue weighted by atomic mass is 10.1. The van der Waals surface area contributed by atoms with E-state index < -0.39 is 5.97 Å². The van der Waals surface area contributed by atoms with Gasteiger partial charge in [0.2, 0.25) is 5.91 Å². The fraction of sp³-hybridized carbons (Fsp3) is 0.286. The van der Waals surface area contributed by atoms with E-state index in [0.29, 0.717) is 13.0 Å². The van der Waals surface area contributed by atoms with Crippen LogP contribution in [0.15, 0.2) is 18.2 Å². The van der Waals surface area contributed by atoms with Gasteiger partial charge in [-0.05, 0) is 17.5 Å². The number of aromatic nitrogens is 1. The van der Waals surface area contributed by atoms with Gasteiger partial charge >= 0.3 is 5.97 Å². The zero-order chi connectivity index (χ0) is 14.0. The molecule has 1 amide bonds. The van der Waals surface area contributed by atoms with Crippen molar-refractivity contribution in [3.63, 3.8) is 0 Å². The van der Waals surface area contributed by atoms with Gasteiger partial charge in [-0.3, -0.25) is 4.79 Å². The lowest BCUT2D eigenvalue weighted by molar-refractivity contribution is -0.119. The number of aromatic carboxylic acids is 1. The molecule has 0 bridgehead atoms. The first-order valence-electron chi connectivity index (χ1n) is 6.14. The minimum absolute atomic E-state index is 0.113. The molecule has 2 rings (SSSR count). The maximum atomic E-state index is 11.2. The molecular formula is C14H16N2O3. The summed E-state index contributed by atoms with van der Waals surface area (Å²) in [6.07, 6.45) is 0.644. The SMILES string of the molecule is CCc1c(C(=O)O)[nH]c2c(CNC(C)=O)cccc12. The van der Waals surface area contributed by atoms with Crippen molar-refractivity contribution in [3.05, 3.63) is 35.0 Å². The summed E-state index contributed by atoms with van der Waals surface area (Å²) >= 11 is 0. The molecule has 0 aliphatic heterocycles. The van der Waals surface area contributed by atoms with Gasteiger partial charge in [0, 0.05) is 18.9 Å². The smallest absolute Gasteiger partial charge is 0.352 e. The van der Waals surface area contributed by atoms with Crippen LogP contribution in [0.3, 0.4) is 0 Å². The second-order valence-electron chi connectivity index (χ2n) is 4.39. The normalized spacial score (nSPS) is 10.6. The van der Waals surface area contributed by atoms with Crippen LogP contribution in [0.25, 0.3) is 10.9 Å². The molecule has 0 atom stereocenters. The van der Waals surface area contributed by atoms with E-state index >= 15 is 0 Å². The number of carbonyl (C=O) groups excluding carboxylic acids is 1. The van der Waals surface area contributed by atoms with Crippen molar-refractivity contribution in [2.75, 3.05) is 0 Å². The second kappa shape index (κ2) is 5.14. The van der Waals surface area contributed by atoms with Crippen LogP contribution in [0.1, 0.15) is 35.5 Å². The maximum absolute atomic E-state index is 11.2. The van der Waals surface area contributed by atoms with E-state index in [0.717, 1.165) is 22.0 Å². The van der Waals surface area contributed by atoms with Gasteiger partial charge in [-0.2, -0.15) is 0 Å². The number of hydrogen-bond acceptors (Lipinski definition) is 2. The van der Waals surface area contributed by atoms with Gasteiger partial charge in [0.05, 0.1) is 5.52 Å². The van der Waals surface area contributed by atoms with Gasteiger partial charge in [0.25, 0.3) is 0 Å². The molecule has 0 radical (unpaired) electrons. The van der Waals surface area contributed by atoms with Crippen LogP contribution < -0.4 is 5.32 Å². The lowest BCUT2D eigenvalue weighted by Gasteiger charge is -2.04. The van der Waals surface area contributed by atoms with Crippen molar-refractivity contribution in [3.8, 4) is 0 Å². The summed E-state index contributed by atoms with van der Waals surface area (Å²) in [7, 11) is 0. The number of H-pyrrole nitrogens is 1. The highest BCUT2D eigenvalue weighted by Crippen LogP contribution is 2.26. The van der Waals surface area contributed by atoms with Crippen molar-refractivity contribution < 1.29 is 14.7 Å². The van der Waals surface area contributed by atoms with Crippen molar-refractivity contribution in [2.45, 2.75) is 26.8 Å². The highest BCUT2D eigenvalue weighted by molar-refractivity contribution is 5.98. The first-order chi connectivity index (χ1) is 9.04. The maximum Gasteiger partial charge on any atom is 0.352 e. The average molecular weight is 260 g/mol. The van der Waals surface area contributed by atoms with Gasteiger partial charge < -0.3 is 15.4 Å². The highest BCUT2D eigenvalue weighted by Gasteiger charge is 2.17. The Kier molecular flexibility index (Phi) is 3.55. The Balaban J connectivity index is 2.56. The van der Waals surface area contributed by atoms with Crippen molar-refractivity contribution in [1.82, 2.24) is 10.3 Å². The molecule has 0 spiro atoms. The second-order valence-corrected chi connectivity index (χ2v) is 4.39. The third-order valence-corrected chi connectivity index (χ3v) is 3.12. The fourth-order valence-electron chi connectivity index (χ4n) is 2.25. The number of carboxylic acid groups (broad SMARTS) is 1. The van der Waals surface area contributed by atoms with E-state index in [9.17, 15) is 14.7 Å².